The summed E-state index contributed by atoms with van der Waals surface area (Å²) >= 11 is 1.71. The van der Waals surface area contributed by atoms with Crippen molar-refractivity contribution in [3.63, 3.8) is 0 Å². The van der Waals surface area contributed by atoms with Crippen molar-refractivity contribution in [3.8, 4) is 0 Å². The minimum Gasteiger partial charge on any atom is -0.360 e. The molecule has 18 heavy (non-hydrogen) atoms. The lowest BCUT2D eigenvalue weighted by Crippen LogP contribution is -2.48. The number of amidine groups is 1. The third kappa shape index (κ3) is 3.90. The van der Waals surface area contributed by atoms with Crippen LogP contribution in [-0.4, -0.2) is 46.9 Å². The number of nitrogens with one attached hydrogen (secondary N) is 1. The fraction of sp³-hybridized carbons (Fsp3) is 0.846. The fourth-order valence-corrected chi connectivity index (χ4v) is 3.07. The molecular formula is C13H25N3OS. The second-order valence-corrected chi connectivity index (χ2v) is 6.18. The van der Waals surface area contributed by atoms with Crippen LogP contribution in [-0.2, 0) is 4.79 Å². The van der Waals surface area contributed by atoms with Gasteiger partial charge in [-0.3, -0.25) is 4.79 Å². The topological polar surface area (TPSA) is 44.7 Å². The lowest BCUT2D eigenvalue weighted by molar-refractivity contribution is -0.130. The van der Waals surface area contributed by atoms with Gasteiger partial charge in [0, 0.05) is 24.9 Å². The number of nitrogens with zero attached hydrogens (tertiary/aromatic N) is 2. The Labute approximate surface area is 115 Å². The molecule has 0 aromatic carbocycles. The molecule has 104 valence electrons. The van der Waals surface area contributed by atoms with E-state index in [1.165, 1.54) is 0 Å². The summed E-state index contributed by atoms with van der Waals surface area (Å²) in [7, 11) is 1.82. The maximum atomic E-state index is 12.0. The van der Waals surface area contributed by atoms with E-state index in [1.54, 1.807) is 16.7 Å². The number of carbonyl (C=O) groups excluding carboxylic acids is 1. The highest BCUT2D eigenvalue weighted by Gasteiger charge is 2.28. The smallest absolute Gasteiger partial charge is 0.246 e. The normalized spacial score (nSPS) is 27.7. The molecule has 5 heteroatoms. The number of carbonyl (C=O) groups is 1. The summed E-state index contributed by atoms with van der Waals surface area (Å²) in [5.74, 6) is 1.15. The van der Waals surface area contributed by atoms with E-state index in [2.05, 4.69) is 24.2 Å². The zero-order chi connectivity index (χ0) is 13.8. The van der Waals surface area contributed by atoms with Crippen molar-refractivity contribution >= 4 is 22.8 Å². The molecule has 2 unspecified atom stereocenters. The standard InChI is InChI=1S/C13H25N3OS/c1-6-13(4)8-9-18-12(15-13)14-10(3)11(17)16(5)7-2/h10H,6-9H2,1-5H3,(H,14,15). The number of thioether (sulfide) groups is 1. The second-order valence-electron chi connectivity index (χ2n) is 5.10. The molecule has 0 aromatic heterocycles. The number of hydrogen-bond donors (Lipinski definition) is 1. The van der Waals surface area contributed by atoms with Crippen molar-refractivity contribution in [1.29, 1.82) is 0 Å². The van der Waals surface area contributed by atoms with Crippen molar-refractivity contribution in [2.75, 3.05) is 19.3 Å². The quantitative estimate of drug-likeness (QED) is 0.851. The van der Waals surface area contributed by atoms with Crippen LogP contribution >= 0.6 is 11.8 Å². The van der Waals surface area contributed by atoms with E-state index < -0.39 is 0 Å². The zero-order valence-corrected chi connectivity index (χ0v) is 12.9. The summed E-state index contributed by atoms with van der Waals surface area (Å²) in [4.78, 5) is 18.2. The van der Waals surface area contributed by atoms with Crippen molar-refractivity contribution < 1.29 is 4.79 Å². The Morgan fingerprint density at radius 3 is 2.83 bits per heavy atom. The van der Waals surface area contributed by atoms with E-state index in [0.717, 1.165) is 30.3 Å². The minimum atomic E-state index is -0.302. The van der Waals surface area contributed by atoms with Crippen LogP contribution in [0, 0.1) is 0 Å². The van der Waals surface area contributed by atoms with E-state index >= 15 is 0 Å². The van der Waals surface area contributed by atoms with Gasteiger partial charge in [0.05, 0.1) is 0 Å². The van der Waals surface area contributed by atoms with E-state index in [1.807, 2.05) is 20.9 Å². The summed E-state index contributed by atoms with van der Waals surface area (Å²) < 4.78 is 0. The Morgan fingerprint density at radius 1 is 1.61 bits per heavy atom. The molecule has 1 N–H and O–H groups in total. The maximum absolute atomic E-state index is 12.0. The molecule has 1 heterocycles. The van der Waals surface area contributed by atoms with Crippen LogP contribution in [0.1, 0.15) is 40.5 Å². The van der Waals surface area contributed by atoms with Crippen molar-refractivity contribution in [2.45, 2.75) is 52.1 Å². The largest absolute Gasteiger partial charge is 0.360 e. The fourth-order valence-electron chi connectivity index (χ4n) is 1.77. The molecule has 0 bridgehead atoms. The van der Waals surface area contributed by atoms with Crippen LogP contribution in [0.15, 0.2) is 4.99 Å². The van der Waals surface area contributed by atoms with Crippen LogP contribution in [0.2, 0.25) is 0 Å². The van der Waals surface area contributed by atoms with Crippen LogP contribution in [0.4, 0.5) is 0 Å². The van der Waals surface area contributed by atoms with Gasteiger partial charge in [0.15, 0.2) is 5.17 Å². The SMILES string of the molecule is CCN(C)C(=O)C(C)N=C1NC(C)(CC)CCS1. The third-order valence-electron chi connectivity index (χ3n) is 3.60. The minimum absolute atomic E-state index is 0.0798. The molecule has 0 aromatic rings. The van der Waals surface area contributed by atoms with E-state index in [-0.39, 0.29) is 17.5 Å². The van der Waals surface area contributed by atoms with E-state index in [9.17, 15) is 4.79 Å². The van der Waals surface area contributed by atoms with Gasteiger partial charge < -0.3 is 10.2 Å². The Morgan fingerprint density at radius 2 is 2.28 bits per heavy atom. The molecule has 1 fully saturated rings. The van der Waals surface area contributed by atoms with Crippen molar-refractivity contribution in [1.82, 2.24) is 10.2 Å². The van der Waals surface area contributed by atoms with Crippen LogP contribution < -0.4 is 5.32 Å². The average molecular weight is 271 g/mol. The first-order chi connectivity index (χ1) is 8.41. The molecule has 0 spiro atoms. The summed E-state index contributed by atoms with van der Waals surface area (Å²) in [6, 6.07) is -0.302. The predicted molar refractivity (Wildman–Crippen MR) is 79.1 cm³/mol. The summed E-state index contributed by atoms with van der Waals surface area (Å²) in [6.45, 7) is 8.95. The molecule has 1 rings (SSSR count). The van der Waals surface area contributed by atoms with Gasteiger partial charge in [-0.2, -0.15) is 0 Å². The summed E-state index contributed by atoms with van der Waals surface area (Å²) in [5.41, 5.74) is 0.128. The molecule has 0 radical (unpaired) electrons. The first-order valence-electron chi connectivity index (χ1n) is 6.65. The molecule has 1 aliphatic rings. The summed E-state index contributed by atoms with van der Waals surface area (Å²) in [5, 5.41) is 4.38. The monoisotopic (exact) mass is 271 g/mol. The Balaban J connectivity index is 2.68. The number of likely N-dealkylation sites (N-methyl/N-ethyl adjacent to an activating group) is 1. The van der Waals surface area contributed by atoms with Gasteiger partial charge in [0.1, 0.15) is 6.04 Å². The van der Waals surface area contributed by atoms with Gasteiger partial charge in [0.2, 0.25) is 5.91 Å². The Kier molecular flexibility index (Phi) is 5.50. The van der Waals surface area contributed by atoms with Gasteiger partial charge in [-0.25, -0.2) is 4.99 Å². The highest BCUT2D eigenvalue weighted by atomic mass is 32.2. The van der Waals surface area contributed by atoms with E-state index in [0.29, 0.717) is 0 Å². The van der Waals surface area contributed by atoms with Crippen LogP contribution in [0.25, 0.3) is 0 Å². The van der Waals surface area contributed by atoms with Gasteiger partial charge in [-0.15, -0.1) is 0 Å². The first-order valence-corrected chi connectivity index (χ1v) is 7.64. The number of hydrogen-bond acceptors (Lipinski definition) is 3. The van der Waals surface area contributed by atoms with E-state index in [4.69, 9.17) is 0 Å². The highest BCUT2D eigenvalue weighted by Crippen LogP contribution is 2.25. The predicted octanol–water partition coefficient (Wildman–Crippen LogP) is 2.10. The molecule has 1 saturated heterocycles. The molecule has 1 aliphatic heterocycles. The average Bonchev–Trinajstić information content (AvgIpc) is 2.37. The Hall–Kier alpha value is -0.710. The highest BCUT2D eigenvalue weighted by molar-refractivity contribution is 8.13. The molecule has 0 saturated carbocycles. The molecule has 1 amide bonds. The third-order valence-corrected chi connectivity index (χ3v) is 4.49. The van der Waals surface area contributed by atoms with Crippen molar-refractivity contribution in [2.24, 2.45) is 4.99 Å². The van der Waals surface area contributed by atoms with Gasteiger partial charge in [0.25, 0.3) is 0 Å². The van der Waals surface area contributed by atoms with Crippen LogP contribution in [0.3, 0.4) is 0 Å². The molecule has 0 aliphatic carbocycles. The lowest BCUT2D eigenvalue weighted by atomic mass is 9.96. The van der Waals surface area contributed by atoms with Gasteiger partial charge >= 0.3 is 0 Å². The number of aliphatic imine (C=N–C) groups is 1. The maximum Gasteiger partial charge on any atom is 0.246 e. The lowest BCUT2D eigenvalue weighted by Gasteiger charge is -2.35. The number of rotatable bonds is 4. The Bertz CT molecular complexity index is 332. The molecular weight excluding hydrogens is 246 g/mol. The first kappa shape index (κ1) is 15.3. The van der Waals surface area contributed by atoms with Gasteiger partial charge in [-0.1, -0.05) is 18.7 Å². The number of amides is 1. The second kappa shape index (κ2) is 6.45. The van der Waals surface area contributed by atoms with Gasteiger partial charge in [-0.05, 0) is 33.6 Å². The molecule has 4 nitrogen and oxygen atoms in total. The zero-order valence-electron chi connectivity index (χ0n) is 12.1. The van der Waals surface area contributed by atoms with Crippen LogP contribution in [0.5, 0.6) is 0 Å². The van der Waals surface area contributed by atoms with Crippen molar-refractivity contribution in [3.05, 3.63) is 0 Å². The summed E-state index contributed by atoms with van der Waals surface area (Å²) in [6.07, 6.45) is 2.22. The molecule has 2 atom stereocenters.